The maximum absolute atomic E-state index is 11.5. The summed E-state index contributed by atoms with van der Waals surface area (Å²) in [6, 6.07) is 3.44. The van der Waals surface area contributed by atoms with E-state index < -0.39 is 16.6 Å². The number of esters is 1. The lowest BCUT2D eigenvalue weighted by atomic mass is 9.94. The van der Waals surface area contributed by atoms with E-state index in [4.69, 9.17) is 18.3 Å². The Bertz CT molecular complexity index is 559. The van der Waals surface area contributed by atoms with Crippen LogP contribution in [0, 0.1) is 0 Å². The van der Waals surface area contributed by atoms with Gasteiger partial charge in [-0.2, -0.15) is 0 Å². The molecule has 1 fully saturated rings. The van der Waals surface area contributed by atoms with Crippen LogP contribution >= 0.6 is 0 Å². The molecule has 0 N–H and O–H groups in total. The zero-order valence-electron chi connectivity index (χ0n) is 22.8. The average Bonchev–Trinajstić information content (AvgIpc) is 3.49. The first-order chi connectivity index (χ1) is 14.7. The van der Waals surface area contributed by atoms with E-state index in [1.54, 1.807) is 0 Å². The molecule has 0 aliphatic carbocycles. The van der Waals surface area contributed by atoms with E-state index in [1.807, 2.05) is 0 Å². The summed E-state index contributed by atoms with van der Waals surface area (Å²) in [7, 11) is -3.54. The van der Waals surface area contributed by atoms with E-state index in [-0.39, 0.29) is 28.8 Å². The molecule has 0 spiro atoms. The molecule has 3 atom stereocenters. The molecule has 1 aliphatic heterocycles. The molecular weight excluding hydrogens is 436 g/mol. The van der Waals surface area contributed by atoms with Gasteiger partial charge in [0.05, 0.1) is 18.3 Å². The third kappa shape index (κ3) is 9.96. The third-order valence-electron chi connectivity index (χ3n) is 7.79. The van der Waals surface area contributed by atoms with Gasteiger partial charge >= 0.3 is 5.97 Å². The first-order valence-corrected chi connectivity index (χ1v) is 18.3. The molecule has 0 unspecified atom stereocenters. The van der Waals surface area contributed by atoms with Crippen molar-refractivity contribution < 1.29 is 23.1 Å². The number of hydrogen-bond donors (Lipinski definition) is 0. The molecule has 0 aromatic heterocycles. The summed E-state index contributed by atoms with van der Waals surface area (Å²) in [5.41, 5.74) is -0.201. The van der Waals surface area contributed by atoms with Crippen LogP contribution < -0.4 is 0 Å². The summed E-state index contributed by atoms with van der Waals surface area (Å²) in [5.74, 6) is -0.202. The highest BCUT2D eigenvalue weighted by Crippen LogP contribution is 2.38. The van der Waals surface area contributed by atoms with Crippen LogP contribution in [0.15, 0.2) is 0 Å². The van der Waals surface area contributed by atoms with Gasteiger partial charge < -0.3 is 18.3 Å². The number of rotatable bonds is 16. The number of carbonyl (C=O) groups excluding carboxylic acids is 1. The molecule has 0 saturated carbocycles. The molecular formula is C25H52O5Si2. The first kappa shape index (κ1) is 29.8. The monoisotopic (exact) mass is 488 g/mol. The highest BCUT2D eigenvalue weighted by molar-refractivity contribution is 6.74. The van der Waals surface area contributed by atoms with Crippen LogP contribution in [0.5, 0.6) is 0 Å². The molecule has 1 rings (SSSR count). The second kappa shape index (κ2) is 12.5. The highest BCUT2D eigenvalue weighted by Gasteiger charge is 2.40. The molecule has 1 saturated heterocycles. The SMILES string of the molecule is CC[Si](CC)(CC)O[C@](C)(CCC[C@@H](C[C@H]1CO1)OC(C)=O)CCO[Si](C)(C)C(C)(C)C. The summed E-state index contributed by atoms with van der Waals surface area (Å²) in [6.07, 6.45) is 4.73. The van der Waals surface area contributed by atoms with Gasteiger partial charge in [-0.3, -0.25) is 4.79 Å². The molecule has 1 aliphatic rings. The Hall–Kier alpha value is -0.216. The molecule has 0 amide bonds. The molecule has 0 bridgehead atoms. The van der Waals surface area contributed by atoms with E-state index in [0.29, 0.717) is 0 Å². The van der Waals surface area contributed by atoms with Crippen molar-refractivity contribution in [3.63, 3.8) is 0 Å². The summed E-state index contributed by atoms with van der Waals surface area (Å²) < 4.78 is 24.5. The van der Waals surface area contributed by atoms with Crippen molar-refractivity contribution in [1.82, 2.24) is 0 Å². The smallest absolute Gasteiger partial charge is 0.302 e. The lowest BCUT2D eigenvalue weighted by molar-refractivity contribution is -0.147. The molecule has 5 nitrogen and oxygen atoms in total. The minimum Gasteiger partial charge on any atom is -0.462 e. The van der Waals surface area contributed by atoms with Crippen LogP contribution in [0.1, 0.15) is 87.5 Å². The van der Waals surface area contributed by atoms with Crippen LogP contribution in [0.4, 0.5) is 0 Å². The van der Waals surface area contributed by atoms with E-state index in [1.165, 1.54) is 6.92 Å². The average molecular weight is 489 g/mol. The predicted octanol–water partition coefficient (Wildman–Crippen LogP) is 7.07. The molecule has 190 valence electrons. The molecule has 0 radical (unpaired) electrons. The molecule has 0 aromatic carbocycles. The maximum Gasteiger partial charge on any atom is 0.302 e. The molecule has 0 aromatic rings. The number of hydrogen-bond acceptors (Lipinski definition) is 5. The molecule has 7 heteroatoms. The van der Waals surface area contributed by atoms with Gasteiger partial charge in [-0.15, -0.1) is 0 Å². The van der Waals surface area contributed by atoms with Crippen molar-refractivity contribution in [2.75, 3.05) is 13.2 Å². The minimum atomic E-state index is -1.78. The quantitative estimate of drug-likeness (QED) is 0.132. The number of epoxide rings is 1. The van der Waals surface area contributed by atoms with Gasteiger partial charge in [0.15, 0.2) is 16.6 Å². The first-order valence-electron chi connectivity index (χ1n) is 12.8. The van der Waals surface area contributed by atoms with E-state index in [9.17, 15) is 4.79 Å². The van der Waals surface area contributed by atoms with Gasteiger partial charge in [0.25, 0.3) is 0 Å². The fourth-order valence-corrected chi connectivity index (χ4v) is 8.34. The van der Waals surface area contributed by atoms with Crippen LogP contribution in [-0.2, 0) is 23.1 Å². The van der Waals surface area contributed by atoms with Crippen LogP contribution in [0.25, 0.3) is 0 Å². The molecule has 32 heavy (non-hydrogen) atoms. The lowest BCUT2D eigenvalue weighted by Gasteiger charge is -2.42. The Morgan fingerprint density at radius 3 is 2.06 bits per heavy atom. The van der Waals surface area contributed by atoms with Crippen LogP contribution in [-0.4, -0.2) is 53.6 Å². The second-order valence-corrected chi connectivity index (χ2v) is 21.0. The standard InChI is InChI=1S/C25H52O5Si2/c1-11-32(12-2,13-3)30-25(8,17-18-28-31(9,10)24(5,6)7)16-14-15-22(29-21(4)26)19-23-20-27-23/h22-23H,11-20H2,1-10H3/t22-,23-,25+/m0/s1. The summed E-state index contributed by atoms with van der Waals surface area (Å²) >= 11 is 0. The summed E-state index contributed by atoms with van der Waals surface area (Å²) in [4.78, 5) is 11.5. The second-order valence-electron chi connectivity index (χ2n) is 11.5. The number of carbonyl (C=O) groups is 1. The zero-order valence-corrected chi connectivity index (χ0v) is 24.8. The Kier molecular flexibility index (Phi) is 11.6. The topological polar surface area (TPSA) is 57.3 Å². The van der Waals surface area contributed by atoms with Crippen molar-refractivity contribution in [3.8, 4) is 0 Å². The predicted molar refractivity (Wildman–Crippen MR) is 138 cm³/mol. The van der Waals surface area contributed by atoms with Gasteiger partial charge in [0.2, 0.25) is 0 Å². The maximum atomic E-state index is 11.5. The van der Waals surface area contributed by atoms with Crippen molar-refractivity contribution in [2.45, 2.75) is 142 Å². The Balaban J connectivity index is 2.82. The van der Waals surface area contributed by atoms with Crippen LogP contribution in [0.2, 0.25) is 36.3 Å². The largest absolute Gasteiger partial charge is 0.462 e. The van der Waals surface area contributed by atoms with Gasteiger partial charge in [0, 0.05) is 20.0 Å². The Morgan fingerprint density at radius 1 is 1.06 bits per heavy atom. The summed E-state index contributed by atoms with van der Waals surface area (Å²) in [6.45, 7) is 23.7. The van der Waals surface area contributed by atoms with Crippen molar-refractivity contribution in [2.24, 2.45) is 0 Å². The van der Waals surface area contributed by atoms with Crippen LogP contribution in [0.3, 0.4) is 0 Å². The van der Waals surface area contributed by atoms with E-state index >= 15 is 0 Å². The van der Waals surface area contributed by atoms with Crippen molar-refractivity contribution in [3.05, 3.63) is 0 Å². The summed E-state index contributed by atoms with van der Waals surface area (Å²) in [5, 5.41) is 0.209. The third-order valence-corrected chi connectivity index (χ3v) is 17.1. The normalized spacial score (nSPS) is 20.0. The van der Waals surface area contributed by atoms with Gasteiger partial charge in [-0.25, -0.2) is 0 Å². The van der Waals surface area contributed by atoms with Gasteiger partial charge in [-0.1, -0.05) is 41.5 Å². The number of ether oxygens (including phenoxy) is 2. The zero-order chi connectivity index (χ0) is 24.6. The van der Waals surface area contributed by atoms with Gasteiger partial charge in [0.1, 0.15) is 6.10 Å². The lowest BCUT2D eigenvalue weighted by Crippen LogP contribution is -2.47. The highest BCUT2D eigenvalue weighted by atomic mass is 28.4. The fourth-order valence-electron chi connectivity index (χ4n) is 4.12. The Labute approximate surface area is 200 Å². The van der Waals surface area contributed by atoms with Crippen molar-refractivity contribution in [1.29, 1.82) is 0 Å². The Morgan fingerprint density at radius 2 is 1.62 bits per heavy atom. The van der Waals surface area contributed by atoms with Crippen molar-refractivity contribution >= 4 is 22.6 Å². The van der Waals surface area contributed by atoms with Gasteiger partial charge in [-0.05, 0) is 68.9 Å². The molecule has 1 heterocycles. The van der Waals surface area contributed by atoms with E-state index in [0.717, 1.165) is 63.5 Å². The van der Waals surface area contributed by atoms with E-state index in [2.05, 4.69) is 61.6 Å². The fraction of sp³-hybridized carbons (Fsp3) is 0.960. The minimum absolute atomic E-state index is 0.0572.